The van der Waals surface area contributed by atoms with Crippen LogP contribution in [0.3, 0.4) is 0 Å². The minimum Gasteiger partial charge on any atom is -0.496 e. The fourth-order valence-electron chi connectivity index (χ4n) is 6.75. The van der Waals surface area contributed by atoms with Crippen molar-refractivity contribution in [1.82, 2.24) is 5.32 Å². The van der Waals surface area contributed by atoms with Gasteiger partial charge in [0, 0.05) is 42.0 Å². The van der Waals surface area contributed by atoms with Crippen LogP contribution in [0.5, 0.6) is 5.75 Å². The van der Waals surface area contributed by atoms with Crippen LogP contribution in [0.2, 0.25) is 0 Å². The van der Waals surface area contributed by atoms with Gasteiger partial charge in [-0.3, -0.25) is 9.59 Å². The highest BCUT2D eigenvalue weighted by molar-refractivity contribution is 7.99. The Morgan fingerprint density at radius 3 is 2.21 bits per heavy atom. The zero-order chi connectivity index (χ0) is 39.1. The number of benzene rings is 5. The Labute approximate surface area is 334 Å². The molecule has 10 heteroatoms. The molecule has 5 aromatic rings. The maximum Gasteiger partial charge on any atom is 0.224 e. The number of aliphatic hydroxyl groups excluding tert-OH is 1. The van der Waals surface area contributed by atoms with Crippen molar-refractivity contribution in [3.05, 3.63) is 144 Å². The Balaban J connectivity index is 1.02. The molecule has 0 radical (unpaired) electrons. The molecule has 3 atom stereocenters. The minimum absolute atomic E-state index is 0.00544. The first-order chi connectivity index (χ1) is 27.4. The molecule has 56 heavy (non-hydrogen) atoms. The second-order valence-corrected chi connectivity index (χ2v) is 15.0. The number of methoxy groups -OCH3 is 1. The number of nitrogens with one attached hydrogen (secondary N) is 2. The number of carbonyl (C=O) groups is 2. The van der Waals surface area contributed by atoms with Crippen LogP contribution in [0, 0.1) is 0 Å². The second kappa shape index (κ2) is 20.7. The van der Waals surface area contributed by atoms with Crippen molar-refractivity contribution >= 4 is 35.0 Å². The van der Waals surface area contributed by atoms with Crippen molar-refractivity contribution in [2.24, 2.45) is 0 Å². The van der Waals surface area contributed by atoms with Gasteiger partial charge in [-0.25, -0.2) is 0 Å². The number of hydrogen-bond donors (Lipinski definition) is 4. The maximum atomic E-state index is 12.8. The fourth-order valence-corrected chi connectivity index (χ4v) is 7.80. The summed E-state index contributed by atoms with van der Waals surface area (Å²) in [5, 5.41) is 15.5. The lowest BCUT2D eigenvalue weighted by Gasteiger charge is -2.36. The van der Waals surface area contributed by atoms with Crippen LogP contribution in [0.1, 0.15) is 79.6 Å². The summed E-state index contributed by atoms with van der Waals surface area (Å²) in [6.07, 6.45) is 4.01. The van der Waals surface area contributed by atoms with Crippen LogP contribution in [0.25, 0.3) is 11.1 Å². The standard InChI is InChI=1S/C46H51N3O6S/c1-53-41-16-10-11-17-43(41)56-31-37-28-42(34-22-20-32(30-50)21-23-34)55-46(54-37)35-26-24-33(25-27-35)38-13-7-6-12-36(38)29-48-44(51)18-4-2-3-5-19-45(52)49-40-15-9-8-14-39(40)47/h6-17,20-27,37,42,46,50H,2-5,18-19,28-31,47H2,1H3,(H,48,51)(H,49,52)/t37-,42+,46+/m1/s1. The van der Waals surface area contributed by atoms with Gasteiger partial charge >= 0.3 is 0 Å². The number of amides is 2. The van der Waals surface area contributed by atoms with E-state index in [0.717, 1.165) is 75.5 Å². The van der Waals surface area contributed by atoms with Gasteiger partial charge in [0.1, 0.15) is 5.75 Å². The molecule has 5 aromatic carbocycles. The molecule has 0 spiro atoms. The lowest BCUT2D eigenvalue weighted by atomic mass is 9.97. The van der Waals surface area contributed by atoms with Crippen molar-refractivity contribution in [2.45, 2.75) is 81.5 Å². The molecule has 9 nitrogen and oxygen atoms in total. The zero-order valence-electron chi connectivity index (χ0n) is 31.8. The molecule has 1 fully saturated rings. The van der Waals surface area contributed by atoms with Crippen LogP contribution in [-0.4, -0.2) is 35.9 Å². The summed E-state index contributed by atoms with van der Waals surface area (Å²) in [6.45, 7) is 0.422. The Bertz CT molecular complexity index is 2020. The summed E-state index contributed by atoms with van der Waals surface area (Å²) < 4.78 is 18.8. The molecule has 1 saturated heterocycles. The zero-order valence-corrected chi connectivity index (χ0v) is 32.6. The molecule has 0 bridgehead atoms. The summed E-state index contributed by atoms with van der Waals surface area (Å²) in [5.74, 6) is 1.53. The SMILES string of the molecule is COc1ccccc1SC[C@H]1C[C@@H](c2ccc(CO)cc2)O[C@@H](c2ccc(-c3ccccc3CNC(=O)CCCCCCC(=O)Nc3ccccc3N)cc2)O1. The van der Waals surface area contributed by atoms with Crippen LogP contribution in [0.15, 0.2) is 126 Å². The molecule has 0 saturated carbocycles. The molecular formula is C46H51N3O6S. The van der Waals surface area contributed by atoms with Crippen molar-refractivity contribution in [1.29, 1.82) is 0 Å². The van der Waals surface area contributed by atoms with Crippen LogP contribution in [0.4, 0.5) is 11.4 Å². The van der Waals surface area contributed by atoms with Gasteiger partial charge in [0.2, 0.25) is 11.8 Å². The first kappa shape index (κ1) is 40.5. The van der Waals surface area contributed by atoms with Crippen molar-refractivity contribution in [3.63, 3.8) is 0 Å². The van der Waals surface area contributed by atoms with Gasteiger partial charge in [-0.1, -0.05) is 110 Å². The molecule has 1 heterocycles. The second-order valence-electron chi connectivity index (χ2n) is 13.9. The van der Waals surface area contributed by atoms with E-state index in [4.69, 9.17) is 19.9 Å². The Kier molecular flexibility index (Phi) is 15.0. The summed E-state index contributed by atoms with van der Waals surface area (Å²) in [7, 11) is 1.69. The molecule has 6 rings (SSSR count). The van der Waals surface area contributed by atoms with Crippen molar-refractivity contribution in [2.75, 3.05) is 23.9 Å². The number of ether oxygens (including phenoxy) is 3. The number of rotatable bonds is 18. The van der Waals surface area contributed by atoms with Gasteiger partial charge in [0.15, 0.2) is 6.29 Å². The van der Waals surface area contributed by atoms with E-state index in [-0.39, 0.29) is 30.6 Å². The Morgan fingerprint density at radius 2 is 1.46 bits per heavy atom. The fraction of sp³-hybridized carbons (Fsp3) is 0.304. The predicted octanol–water partition coefficient (Wildman–Crippen LogP) is 9.37. The number of hydrogen-bond acceptors (Lipinski definition) is 8. The van der Waals surface area contributed by atoms with Crippen LogP contribution >= 0.6 is 11.8 Å². The smallest absolute Gasteiger partial charge is 0.224 e. The molecular weight excluding hydrogens is 723 g/mol. The first-order valence-electron chi connectivity index (χ1n) is 19.3. The minimum atomic E-state index is -0.566. The largest absolute Gasteiger partial charge is 0.496 e. The number of para-hydroxylation sites is 3. The average Bonchev–Trinajstić information content (AvgIpc) is 3.24. The quantitative estimate of drug-likeness (QED) is 0.0394. The van der Waals surface area contributed by atoms with Crippen LogP contribution < -0.4 is 21.1 Å². The van der Waals surface area contributed by atoms with E-state index in [9.17, 15) is 14.7 Å². The van der Waals surface area contributed by atoms with Gasteiger partial charge in [0.25, 0.3) is 0 Å². The van der Waals surface area contributed by atoms with Gasteiger partial charge in [-0.15, -0.1) is 11.8 Å². The lowest BCUT2D eigenvalue weighted by molar-refractivity contribution is -0.245. The van der Waals surface area contributed by atoms with E-state index < -0.39 is 6.29 Å². The average molecular weight is 774 g/mol. The number of nitrogens with two attached hydrogens (primary N) is 1. The number of carbonyl (C=O) groups excluding carboxylic acids is 2. The summed E-state index contributed by atoms with van der Waals surface area (Å²) in [6, 6.07) is 39.5. The lowest BCUT2D eigenvalue weighted by Crippen LogP contribution is -2.31. The maximum absolute atomic E-state index is 12.8. The van der Waals surface area contributed by atoms with E-state index in [1.807, 2.05) is 72.8 Å². The number of aliphatic hydroxyl groups is 1. The van der Waals surface area contributed by atoms with E-state index in [0.29, 0.717) is 37.2 Å². The predicted molar refractivity (Wildman–Crippen MR) is 223 cm³/mol. The number of nitrogen functional groups attached to an aromatic ring is 1. The Morgan fingerprint density at radius 1 is 0.786 bits per heavy atom. The van der Waals surface area contributed by atoms with E-state index in [2.05, 4.69) is 47.0 Å². The highest BCUT2D eigenvalue weighted by atomic mass is 32.2. The molecule has 0 unspecified atom stereocenters. The van der Waals surface area contributed by atoms with E-state index >= 15 is 0 Å². The van der Waals surface area contributed by atoms with Gasteiger partial charge in [-0.05, 0) is 64.9 Å². The number of unbranched alkanes of at least 4 members (excludes halogenated alkanes) is 3. The third-order valence-electron chi connectivity index (χ3n) is 9.89. The number of thioether (sulfide) groups is 1. The molecule has 5 N–H and O–H groups in total. The normalized spacial score (nSPS) is 16.6. The first-order valence-corrected chi connectivity index (χ1v) is 20.2. The molecule has 2 amide bonds. The summed E-state index contributed by atoms with van der Waals surface area (Å²) in [4.78, 5) is 26.1. The molecule has 1 aliphatic heterocycles. The number of anilines is 2. The van der Waals surface area contributed by atoms with Gasteiger partial charge < -0.3 is 35.7 Å². The third-order valence-corrected chi connectivity index (χ3v) is 11.1. The van der Waals surface area contributed by atoms with Gasteiger partial charge in [0.05, 0.1) is 37.3 Å². The molecule has 1 aliphatic rings. The third kappa shape index (κ3) is 11.5. The van der Waals surface area contributed by atoms with Crippen molar-refractivity contribution in [3.8, 4) is 16.9 Å². The monoisotopic (exact) mass is 773 g/mol. The topological polar surface area (TPSA) is 132 Å². The summed E-state index contributed by atoms with van der Waals surface area (Å²) in [5.41, 5.74) is 13.0. The Hall–Kier alpha value is -5.13. The molecule has 0 aromatic heterocycles. The molecule has 292 valence electrons. The van der Waals surface area contributed by atoms with Crippen LogP contribution in [-0.2, 0) is 32.2 Å². The van der Waals surface area contributed by atoms with Crippen molar-refractivity contribution < 1.29 is 28.9 Å². The van der Waals surface area contributed by atoms with Gasteiger partial charge in [-0.2, -0.15) is 0 Å². The van der Waals surface area contributed by atoms with E-state index in [1.54, 1.807) is 31.0 Å². The highest BCUT2D eigenvalue weighted by Gasteiger charge is 2.32. The van der Waals surface area contributed by atoms with E-state index in [1.165, 1.54) is 0 Å². The highest BCUT2D eigenvalue weighted by Crippen LogP contribution is 2.41. The summed E-state index contributed by atoms with van der Waals surface area (Å²) >= 11 is 1.71. The molecule has 0 aliphatic carbocycles.